The first kappa shape index (κ1) is 15.4. The van der Waals surface area contributed by atoms with E-state index < -0.39 is 11.5 Å². The van der Waals surface area contributed by atoms with E-state index in [4.69, 9.17) is 4.74 Å². The largest absolute Gasteiger partial charge is 0.465 e. The summed E-state index contributed by atoms with van der Waals surface area (Å²) in [6.07, 6.45) is 2.88. The minimum atomic E-state index is -0.708. The molecule has 4 heteroatoms. The summed E-state index contributed by atoms with van der Waals surface area (Å²) in [5.74, 6) is -0.218. The van der Waals surface area contributed by atoms with E-state index in [0.29, 0.717) is 19.6 Å². The summed E-state index contributed by atoms with van der Waals surface area (Å²) in [5.41, 5.74) is -0.708. The lowest BCUT2D eigenvalue weighted by Crippen LogP contribution is -2.53. The molecule has 0 aromatic rings. The molecule has 0 aromatic carbocycles. The molecule has 1 fully saturated rings. The Balaban J connectivity index is 2.88. The van der Waals surface area contributed by atoms with Crippen molar-refractivity contribution in [2.24, 2.45) is 5.41 Å². The quantitative estimate of drug-likeness (QED) is 0.737. The predicted molar refractivity (Wildman–Crippen MR) is 71.3 cm³/mol. The van der Waals surface area contributed by atoms with Crippen LogP contribution in [0.4, 0.5) is 0 Å². The van der Waals surface area contributed by atoms with Gasteiger partial charge in [-0.15, -0.1) is 0 Å². The second-order valence-corrected chi connectivity index (χ2v) is 5.10. The van der Waals surface area contributed by atoms with Crippen LogP contribution in [0.3, 0.4) is 0 Å². The number of aliphatic hydroxyl groups excluding tert-OH is 1. The van der Waals surface area contributed by atoms with Crippen LogP contribution in [0.25, 0.3) is 0 Å². The van der Waals surface area contributed by atoms with Crippen molar-refractivity contribution < 1.29 is 14.6 Å². The Morgan fingerprint density at radius 3 is 2.50 bits per heavy atom. The molecule has 0 saturated heterocycles. The molecule has 0 aromatic heterocycles. The maximum absolute atomic E-state index is 12.3. The normalized spacial score (nSPS) is 28.4. The predicted octanol–water partition coefficient (Wildman–Crippen LogP) is 1.81. The van der Waals surface area contributed by atoms with Gasteiger partial charge < -0.3 is 14.7 Å². The molecule has 18 heavy (non-hydrogen) atoms. The SMILES string of the molecule is CCOC(=O)C1(CN(CC)CC)CCCCC1O. The number of aliphatic hydroxyl groups is 1. The third-order valence-electron chi connectivity index (χ3n) is 4.07. The summed E-state index contributed by atoms with van der Waals surface area (Å²) in [4.78, 5) is 14.5. The first-order valence-electron chi connectivity index (χ1n) is 7.18. The fraction of sp³-hybridized carbons (Fsp3) is 0.929. The average Bonchev–Trinajstić information content (AvgIpc) is 2.38. The van der Waals surface area contributed by atoms with Gasteiger partial charge in [0, 0.05) is 6.54 Å². The van der Waals surface area contributed by atoms with Crippen molar-refractivity contribution >= 4 is 5.97 Å². The smallest absolute Gasteiger partial charge is 0.316 e. The second-order valence-electron chi connectivity index (χ2n) is 5.10. The number of hydrogen-bond donors (Lipinski definition) is 1. The molecule has 1 saturated carbocycles. The van der Waals surface area contributed by atoms with Crippen LogP contribution in [0.15, 0.2) is 0 Å². The molecule has 0 radical (unpaired) electrons. The Labute approximate surface area is 110 Å². The van der Waals surface area contributed by atoms with Gasteiger partial charge >= 0.3 is 5.97 Å². The molecule has 0 aliphatic heterocycles. The van der Waals surface area contributed by atoms with E-state index in [1.165, 1.54) is 0 Å². The van der Waals surface area contributed by atoms with Gasteiger partial charge in [0.1, 0.15) is 5.41 Å². The Morgan fingerprint density at radius 2 is 2.00 bits per heavy atom. The molecule has 0 heterocycles. The summed E-state index contributed by atoms with van der Waals surface area (Å²) in [6, 6.07) is 0. The maximum Gasteiger partial charge on any atom is 0.316 e. The number of carbonyl (C=O) groups excluding carboxylic acids is 1. The number of ether oxygens (including phenoxy) is 1. The molecule has 106 valence electrons. The van der Waals surface area contributed by atoms with Crippen molar-refractivity contribution in [3.05, 3.63) is 0 Å². The van der Waals surface area contributed by atoms with Crippen LogP contribution in [0, 0.1) is 5.41 Å². The first-order valence-corrected chi connectivity index (χ1v) is 7.18. The zero-order valence-electron chi connectivity index (χ0n) is 11.9. The highest BCUT2D eigenvalue weighted by molar-refractivity contribution is 5.78. The molecular formula is C14H27NO3. The standard InChI is InChI=1S/C14H27NO3/c1-4-15(5-2)11-14(13(17)18-6-3)10-8-7-9-12(14)16/h12,16H,4-11H2,1-3H3. The summed E-state index contributed by atoms with van der Waals surface area (Å²) >= 11 is 0. The van der Waals surface area contributed by atoms with Gasteiger partial charge in [0.25, 0.3) is 0 Å². The highest BCUT2D eigenvalue weighted by Crippen LogP contribution is 2.38. The zero-order chi connectivity index (χ0) is 13.6. The molecule has 2 atom stereocenters. The van der Waals surface area contributed by atoms with Gasteiger partial charge in [0.15, 0.2) is 0 Å². The fourth-order valence-electron chi connectivity index (χ4n) is 2.83. The lowest BCUT2D eigenvalue weighted by molar-refractivity contribution is -0.169. The summed E-state index contributed by atoms with van der Waals surface area (Å²) in [6.45, 7) is 8.76. The molecule has 1 rings (SSSR count). The molecule has 0 bridgehead atoms. The lowest BCUT2D eigenvalue weighted by Gasteiger charge is -2.41. The molecule has 0 amide bonds. The number of rotatable bonds is 6. The minimum absolute atomic E-state index is 0.218. The van der Waals surface area contributed by atoms with Gasteiger partial charge in [0.2, 0.25) is 0 Å². The molecule has 1 N–H and O–H groups in total. The van der Waals surface area contributed by atoms with E-state index in [1.54, 1.807) is 0 Å². The third kappa shape index (κ3) is 3.23. The zero-order valence-corrected chi connectivity index (χ0v) is 11.9. The van der Waals surface area contributed by atoms with Gasteiger partial charge in [-0.05, 0) is 32.9 Å². The third-order valence-corrected chi connectivity index (χ3v) is 4.07. The number of carbonyl (C=O) groups is 1. The highest BCUT2D eigenvalue weighted by Gasteiger charge is 2.48. The Morgan fingerprint density at radius 1 is 1.33 bits per heavy atom. The van der Waals surface area contributed by atoms with Crippen LogP contribution in [0.1, 0.15) is 46.5 Å². The van der Waals surface area contributed by atoms with Crippen LogP contribution >= 0.6 is 0 Å². The highest BCUT2D eigenvalue weighted by atomic mass is 16.5. The number of esters is 1. The van der Waals surface area contributed by atoms with E-state index in [2.05, 4.69) is 18.7 Å². The molecule has 1 aliphatic rings. The molecule has 0 spiro atoms. The van der Waals surface area contributed by atoms with Crippen molar-refractivity contribution in [2.75, 3.05) is 26.2 Å². The van der Waals surface area contributed by atoms with Crippen LogP contribution in [0.2, 0.25) is 0 Å². The Hall–Kier alpha value is -0.610. The fourth-order valence-corrected chi connectivity index (χ4v) is 2.83. The summed E-state index contributed by atoms with van der Waals surface area (Å²) in [7, 11) is 0. The van der Waals surface area contributed by atoms with Crippen molar-refractivity contribution in [2.45, 2.75) is 52.6 Å². The minimum Gasteiger partial charge on any atom is -0.465 e. The lowest BCUT2D eigenvalue weighted by atomic mass is 9.71. The summed E-state index contributed by atoms with van der Waals surface area (Å²) < 4.78 is 5.22. The van der Waals surface area contributed by atoms with Gasteiger partial charge in [-0.3, -0.25) is 4.79 Å². The number of nitrogens with zero attached hydrogens (tertiary/aromatic N) is 1. The van der Waals surface area contributed by atoms with E-state index in [0.717, 1.165) is 32.4 Å². The van der Waals surface area contributed by atoms with Crippen LogP contribution in [-0.2, 0) is 9.53 Å². The van der Waals surface area contributed by atoms with E-state index in [1.807, 2.05) is 6.92 Å². The van der Waals surface area contributed by atoms with Crippen LogP contribution < -0.4 is 0 Å². The molecule has 1 aliphatic carbocycles. The monoisotopic (exact) mass is 257 g/mol. The van der Waals surface area contributed by atoms with Crippen molar-refractivity contribution in [3.8, 4) is 0 Å². The number of hydrogen-bond acceptors (Lipinski definition) is 4. The first-order chi connectivity index (χ1) is 8.60. The van der Waals surface area contributed by atoms with Gasteiger partial charge in [-0.1, -0.05) is 26.7 Å². The van der Waals surface area contributed by atoms with Crippen molar-refractivity contribution in [3.63, 3.8) is 0 Å². The van der Waals surface area contributed by atoms with Gasteiger partial charge in [0.05, 0.1) is 12.7 Å². The van der Waals surface area contributed by atoms with Crippen molar-refractivity contribution in [1.29, 1.82) is 0 Å². The topological polar surface area (TPSA) is 49.8 Å². The van der Waals surface area contributed by atoms with Crippen LogP contribution in [-0.4, -0.2) is 48.3 Å². The maximum atomic E-state index is 12.3. The molecule has 2 unspecified atom stereocenters. The Bertz CT molecular complexity index is 266. The molecule has 4 nitrogen and oxygen atoms in total. The summed E-state index contributed by atoms with van der Waals surface area (Å²) in [5, 5.41) is 10.3. The van der Waals surface area contributed by atoms with Crippen LogP contribution in [0.5, 0.6) is 0 Å². The molecular weight excluding hydrogens is 230 g/mol. The Kier molecular flexibility index (Phi) is 6.09. The second kappa shape index (κ2) is 7.10. The van der Waals surface area contributed by atoms with E-state index in [-0.39, 0.29) is 5.97 Å². The van der Waals surface area contributed by atoms with Gasteiger partial charge in [-0.25, -0.2) is 0 Å². The van der Waals surface area contributed by atoms with E-state index in [9.17, 15) is 9.90 Å². The van der Waals surface area contributed by atoms with E-state index >= 15 is 0 Å². The van der Waals surface area contributed by atoms with Gasteiger partial charge in [-0.2, -0.15) is 0 Å². The average molecular weight is 257 g/mol. The van der Waals surface area contributed by atoms with Crippen molar-refractivity contribution in [1.82, 2.24) is 4.90 Å².